The Labute approximate surface area is 189 Å². The minimum atomic E-state index is -1.33. The lowest BCUT2D eigenvalue weighted by atomic mass is 9.88. The van der Waals surface area contributed by atoms with Crippen LogP contribution in [0.3, 0.4) is 0 Å². The van der Waals surface area contributed by atoms with E-state index in [1.165, 1.54) is 24.3 Å². The normalized spacial score (nSPS) is 14.1. The molecule has 33 heavy (non-hydrogen) atoms. The average Bonchev–Trinajstić information content (AvgIpc) is 3.22. The maximum atomic E-state index is 13.8. The topological polar surface area (TPSA) is 103 Å². The van der Waals surface area contributed by atoms with Crippen LogP contribution in [0.15, 0.2) is 72.8 Å². The smallest absolute Gasteiger partial charge is 0.181 e. The molecule has 6 nitrogen and oxygen atoms in total. The highest BCUT2D eigenvalue weighted by Crippen LogP contribution is 2.28. The number of para-hydroxylation sites is 2. The lowest BCUT2D eigenvalue weighted by molar-refractivity contribution is 0.0855. The number of nitrogens with one attached hydrogen (secondary N) is 1. The number of rotatable bonds is 8. The Morgan fingerprint density at radius 1 is 0.939 bits per heavy atom. The molecule has 0 aliphatic heterocycles. The Balaban J connectivity index is 1.77. The first-order chi connectivity index (χ1) is 15.8. The number of nitrogens with zero attached hydrogens (tertiary/aromatic N) is 1. The number of H-pyrrole nitrogens is 1. The van der Waals surface area contributed by atoms with Gasteiger partial charge in [0.1, 0.15) is 17.6 Å². The summed E-state index contributed by atoms with van der Waals surface area (Å²) in [7, 11) is 0. The van der Waals surface area contributed by atoms with E-state index in [1.807, 2.05) is 6.07 Å². The predicted molar refractivity (Wildman–Crippen MR) is 122 cm³/mol. The van der Waals surface area contributed by atoms with Gasteiger partial charge in [-0.1, -0.05) is 42.5 Å². The highest BCUT2D eigenvalue weighted by atomic mass is 19.1. The van der Waals surface area contributed by atoms with Crippen molar-refractivity contribution in [1.29, 1.82) is 0 Å². The van der Waals surface area contributed by atoms with Gasteiger partial charge in [0.15, 0.2) is 11.6 Å². The summed E-state index contributed by atoms with van der Waals surface area (Å²) in [5.74, 6) is -2.88. The largest absolute Gasteiger partial charge is 0.393 e. The molecule has 0 radical (unpaired) electrons. The molecule has 4 rings (SSSR count). The molecule has 1 aromatic heterocycles. The van der Waals surface area contributed by atoms with Crippen LogP contribution >= 0.6 is 0 Å². The van der Waals surface area contributed by atoms with Crippen molar-refractivity contribution in [2.45, 2.75) is 31.5 Å². The third-order valence-electron chi connectivity index (χ3n) is 5.43. The first-order valence-corrected chi connectivity index (χ1v) is 10.6. The fraction of sp³-hybridized carbons (Fsp3) is 0.192. The third-order valence-corrected chi connectivity index (χ3v) is 5.43. The van der Waals surface area contributed by atoms with E-state index < -0.39 is 35.5 Å². The van der Waals surface area contributed by atoms with Crippen LogP contribution in [-0.2, 0) is 0 Å². The summed E-state index contributed by atoms with van der Waals surface area (Å²) in [6.45, 7) is 1.56. The summed E-state index contributed by atoms with van der Waals surface area (Å²) in [6, 6.07) is 18.6. The Morgan fingerprint density at radius 2 is 1.61 bits per heavy atom. The van der Waals surface area contributed by atoms with Crippen molar-refractivity contribution in [2.75, 3.05) is 0 Å². The quantitative estimate of drug-likeness (QED) is 0.276. The van der Waals surface area contributed by atoms with E-state index in [0.717, 1.165) is 6.07 Å². The third kappa shape index (κ3) is 4.89. The number of hydrogen-bond acceptors (Lipinski definition) is 5. The van der Waals surface area contributed by atoms with Crippen molar-refractivity contribution in [3.05, 3.63) is 101 Å². The lowest BCUT2D eigenvalue weighted by Crippen LogP contribution is -2.24. The second-order valence-corrected chi connectivity index (χ2v) is 8.04. The SMILES string of the molecule is CC(O)CC(O)c1cccc(C(=O)C(C(=O)c2cccc(F)c2)c2nc3ccccc3[nH]2)c1. The van der Waals surface area contributed by atoms with Crippen LogP contribution in [0.2, 0.25) is 0 Å². The van der Waals surface area contributed by atoms with E-state index >= 15 is 0 Å². The molecule has 168 valence electrons. The van der Waals surface area contributed by atoms with Crippen molar-refractivity contribution >= 4 is 22.6 Å². The molecule has 3 unspecified atom stereocenters. The molecule has 0 spiro atoms. The van der Waals surface area contributed by atoms with Crippen molar-refractivity contribution in [3.63, 3.8) is 0 Å². The first kappa shape index (κ1) is 22.5. The number of Topliss-reactive ketones (excluding diaryl/α,β-unsaturated/α-hetero) is 2. The predicted octanol–water partition coefficient (Wildman–Crippen LogP) is 4.36. The molecule has 3 aromatic carbocycles. The molecule has 0 aliphatic carbocycles. The number of carbonyl (C=O) groups excluding carboxylic acids is 2. The summed E-state index contributed by atoms with van der Waals surface area (Å²) in [4.78, 5) is 34.5. The number of benzene rings is 3. The fourth-order valence-electron chi connectivity index (χ4n) is 3.81. The van der Waals surface area contributed by atoms with Gasteiger partial charge < -0.3 is 15.2 Å². The van der Waals surface area contributed by atoms with Crippen LogP contribution in [0.4, 0.5) is 4.39 Å². The van der Waals surface area contributed by atoms with Gasteiger partial charge in [0.25, 0.3) is 0 Å². The van der Waals surface area contributed by atoms with Crippen molar-refractivity contribution in [1.82, 2.24) is 9.97 Å². The molecule has 0 aliphatic rings. The van der Waals surface area contributed by atoms with Crippen LogP contribution in [0.1, 0.15) is 57.5 Å². The second kappa shape index (κ2) is 9.44. The zero-order valence-corrected chi connectivity index (χ0v) is 17.9. The Bertz CT molecular complexity index is 1280. The average molecular weight is 446 g/mol. The summed E-state index contributed by atoms with van der Waals surface area (Å²) in [5, 5.41) is 19.9. The highest BCUT2D eigenvalue weighted by molar-refractivity contribution is 6.19. The van der Waals surface area contributed by atoms with Crippen molar-refractivity contribution < 1.29 is 24.2 Å². The van der Waals surface area contributed by atoms with Gasteiger partial charge in [0, 0.05) is 17.5 Å². The molecule has 3 N–H and O–H groups in total. The van der Waals surface area contributed by atoms with E-state index in [4.69, 9.17) is 0 Å². The van der Waals surface area contributed by atoms with Crippen LogP contribution in [0, 0.1) is 5.82 Å². The van der Waals surface area contributed by atoms with Crippen molar-refractivity contribution in [3.8, 4) is 0 Å². The molecule has 0 saturated heterocycles. The molecule has 0 bridgehead atoms. The van der Waals surface area contributed by atoms with Gasteiger partial charge >= 0.3 is 0 Å². The summed E-state index contributed by atoms with van der Waals surface area (Å²) in [6.07, 6.45) is -1.59. The molecular weight excluding hydrogens is 423 g/mol. The zero-order chi connectivity index (χ0) is 23.5. The van der Waals surface area contributed by atoms with Gasteiger partial charge in [0.2, 0.25) is 0 Å². The van der Waals surface area contributed by atoms with Crippen LogP contribution in [0.25, 0.3) is 11.0 Å². The summed E-state index contributed by atoms with van der Waals surface area (Å²) >= 11 is 0. The van der Waals surface area contributed by atoms with E-state index in [-0.39, 0.29) is 23.4 Å². The number of aromatic amines is 1. The number of aromatic nitrogens is 2. The van der Waals surface area contributed by atoms with Crippen LogP contribution in [-0.4, -0.2) is 37.9 Å². The van der Waals surface area contributed by atoms with E-state index in [9.17, 15) is 24.2 Å². The number of ketones is 2. The number of aliphatic hydroxyl groups excluding tert-OH is 2. The molecule has 1 heterocycles. The molecule has 3 atom stereocenters. The number of fused-ring (bicyclic) bond motifs is 1. The molecule has 0 fully saturated rings. The second-order valence-electron chi connectivity index (χ2n) is 8.04. The number of halogens is 1. The Hall–Kier alpha value is -3.68. The van der Waals surface area contributed by atoms with Gasteiger partial charge in [0.05, 0.1) is 23.2 Å². The number of carbonyl (C=O) groups is 2. The lowest BCUT2D eigenvalue weighted by Gasteiger charge is -2.16. The van der Waals surface area contributed by atoms with Gasteiger partial charge in [-0.25, -0.2) is 9.37 Å². The van der Waals surface area contributed by atoms with E-state index in [0.29, 0.717) is 16.6 Å². The van der Waals surface area contributed by atoms with Crippen molar-refractivity contribution in [2.24, 2.45) is 0 Å². The van der Waals surface area contributed by atoms with Gasteiger partial charge in [-0.2, -0.15) is 0 Å². The maximum absolute atomic E-state index is 13.8. The summed E-state index contributed by atoms with van der Waals surface area (Å²) in [5.41, 5.74) is 1.96. The van der Waals surface area contributed by atoms with E-state index in [2.05, 4.69) is 9.97 Å². The molecular formula is C26H23FN2O4. The first-order valence-electron chi connectivity index (χ1n) is 10.6. The molecule has 0 saturated carbocycles. The van der Waals surface area contributed by atoms with Gasteiger partial charge in [-0.15, -0.1) is 0 Å². The van der Waals surface area contributed by atoms with Gasteiger partial charge in [-0.05, 0) is 42.8 Å². The highest BCUT2D eigenvalue weighted by Gasteiger charge is 2.33. The minimum absolute atomic E-state index is 0.0547. The fourth-order valence-corrected chi connectivity index (χ4v) is 3.81. The minimum Gasteiger partial charge on any atom is -0.393 e. The summed E-state index contributed by atoms with van der Waals surface area (Å²) < 4.78 is 13.8. The molecule has 0 amide bonds. The maximum Gasteiger partial charge on any atom is 0.181 e. The molecule has 4 aromatic rings. The monoisotopic (exact) mass is 446 g/mol. The Kier molecular flexibility index (Phi) is 6.44. The van der Waals surface area contributed by atoms with Crippen LogP contribution in [0.5, 0.6) is 0 Å². The Morgan fingerprint density at radius 3 is 2.27 bits per heavy atom. The van der Waals surface area contributed by atoms with E-state index in [1.54, 1.807) is 43.3 Å². The van der Waals surface area contributed by atoms with Crippen LogP contribution < -0.4 is 0 Å². The standard InChI is InChI=1S/C26H23FN2O4/c1-15(30)12-22(31)16-6-4-7-17(13-16)24(32)23(25(33)18-8-5-9-19(27)14-18)26-28-20-10-2-3-11-21(20)29-26/h2-11,13-15,22-23,30-31H,12H2,1H3,(H,28,29). The molecule has 7 heteroatoms. The zero-order valence-electron chi connectivity index (χ0n) is 17.9. The number of hydrogen-bond donors (Lipinski definition) is 3. The number of aliphatic hydroxyl groups is 2. The number of imidazole rings is 1. The van der Waals surface area contributed by atoms with Gasteiger partial charge in [-0.3, -0.25) is 9.59 Å².